The number of fused-ring (bicyclic) bond motifs is 9. The quantitative estimate of drug-likeness (QED) is 0.175. The van der Waals surface area contributed by atoms with Crippen molar-refractivity contribution in [3.05, 3.63) is 188 Å². The second-order valence-corrected chi connectivity index (χ2v) is 15.7. The molecule has 0 saturated carbocycles. The van der Waals surface area contributed by atoms with E-state index >= 15 is 0 Å². The van der Waals surface area contributed by atoms with Gasteiger partial charge in [0.2, 0.25) is 0 Å². The molecule has 6 heteroatoms. The lowest BCUT2D eigenvalue weighted by Gasteiger charge is -2.12. The molecule has 0 N–H and O–H groups in total. The van der Waals surface area contributed by atoms with E-state index in [-0.39, 0.29) is 0 Å². The molecule has 0 saturated heterocycles. The fraction of sp³-hybridized carbons (Fsp3) is 0. The van der Waals surface area contributed by atoms with Gasteiger partial charge in [0, 0.05) is 48.8 Å². The van der Waals surface area contributed by atoms with E-state index in [1.807, 2.05) is 11.3 Å². The minimum Gasteiger partial charge on any atom is -0.308 e. The van der Waals surface area contributed by atoms with Crippen LogP contribution in [0.25, 0.3) is 115 Å². The highest BCUT2D eigenvalue weighted by Crippen LogP contribution is 2.47. The second-order valence-electron chi connectivity index (χ2n) is 14.7. The van der Waals surface area contributed by atoms with Crippen molar-refractivity contribution in [2.24, 2.45) is 0 Å². The maximum Gasteiger partial charge on any atom is 0.164 e. The van der Waals surface area contributed by atoms with Crippen LogP contribution >= 0.6 is 11.3 Å². The molecule has 0 amide bonds. The van der Waals surface area contributed by atoms with Gasteiger partial charge in [-0.3, -0.25) is 0 Å². The third-order valence-electron chi connectivity index (χ3n) is 11.2. The molecule has 58 heavy (non-hydrogen) atoms. The van der Waals surface area contributed by atoms with E-state index in [1.165, 1.54) is 41.8 Å². The molecule has 12 aromatic rings. The molecule has 8 aromatic carbocycles. The number of thiophene rings is 1. The Morgan fingerprint density at radius 3 is 1.59 bits per heavy atom. The summed E-state index contributed by atoms with van der Waals surface area (Å²) < 4.78 is 4.91. The van der Waals surface area contributed by atoms with Crippen LogP contribution in [0.3, 0.4) is 0 Å². The predicted molar refractivity (Wildman–Crippen MR) is 242 cm³/mol. The SMILES string of the molecule is c1ccc(-c2nc3ccccc3c3sc4c5ccccc5n(-c5ccc(-c6nc(-c7ccc8ccccc8c7)nc(-c7ccc8ccccc8c7)n6)cc5)c4c23)cc1. The summed E-state index contributed by atoms with van der Waals surface area (Å²) in [6.45, 7) is 0. The highest BCUT2D eigenvalue weighted by atomic mass is 32.1. The molecule has 0 atom stereocenters. The molecule has 4 heterocycles. The first-order valence-corrected chi connectivity index (χ1v) is 20.2. The lowest BCUT2D eigenvalue weighted by molar-refractivity contribution is 1.07. The van der Waals surface area contributed by atoms with Crippen LogP contribution < -0.4 is 0 Å². The lowest BCUT2D eigenvalue weighted by Crippen LogP contribution is -2.01. The average molecular weight is 758 g/mol. The number of benzene rings is 8. The Morgan fingerprint density at radius 1 is 0.379 bits per heavy atom. The van der Waals surface area contributed by atoms with Crippen LogP contribution in [0.15, 0.2) is 188 Å². The first-order valence-electron chi connectivity index (χ1n) is 19.4. The van der Waals surface area contributed by atoms with Crippen LogP contribution in [0, 0.1) is 0 Å². The van der Waals surface area contributed by atoms with E-state index < -0.39 is 0 Å². The Balaban J connectivity index is 1.06. The molecule has 0 bridgehead atoms. The molecule has 12 rings (SSSR count). The fourth-order valence-corrected chi connectivity index (χ4v) is 9.76. The first-order chi connectivity index (χ1) is 28.7. The summed E-state index contributed by atoms with van der Waals surface area (Å²) in [7, 11) is 0. The number of aromatic nitrogens is 5. The van der Waals surface area contributed by atoms with Gasteiger partial charge in [-0.1, -0.05) is 140 Å². The monoisotopic (exact) mass is 757 g/mol. The lowest BCUT2D eigenvalue weighted by atomic mass is 10.0. The van der Waals surface area contributed by atoms with E-state index in [4.69, 9.17) is 19.9 Å². The molecule has 0 aliphatic rings. The number of hydrogen-bond acceptors (Lipinski definition) is 5. The summed E-state index contributed by atoms with van der Waals surface area (Å²) in [5.41, 5.74) is 9.28. The average Bonchev–Trinajstić information content (AvgIpc) is 3.84. The summed E-state index contributed by atoms with van der Waals surface area (Å²) in [4.78, 5) is 20.7. The molecule has 0 fully saturated rings. The van der Waals surface area contributed by atoms with Crippen LogP contribution in [0.5, 0.6) is 0 Å². The Kier molecular flexibility index (Phi) is 7.33. The van der Waals surface area contributed by atoms with Gasteiger partial charge < -0.3 is 4.57 Å². The minimum atomic E-state index is 0.624. The van der Waals surface area contributed by atoms with Gasteiger partial charge in [-0.05, 0) is 70.1 Å². The maximum absolute atomic E-state index is 5.33. The van der Waals surface area contributed by atoms with E-state index in [9.17, 15) is 0 Å². The molecule has 0 spiro atoms. The van der Waals surface area contributed by atoms with E-state index in [0.29, 0.717) is 17.5 Å². The van der Waals surface area contributed by atoms with Crippen LogP contribution in [0.2, 0.25) is 0 Å². The second kappa shape index (κ2) is 13.0. The summed E-state index contributed by atoms with van der Waals surface area (Å²) >= 11 is 1.86. The third kappa shape index (κ3) is 5.23. The number of rotatable bonds is 5. The Labute approximate surface area is 337 Å². The van der Waals surface area contributed by atoms with Crippen molar-refractivity contribution < 1.29 is 0 Å². The molecule has 270 valence electrons. The maximum atomic E-state index is 5.33. The summed E-state index contributed by atoms with van der Waals surface area (Å²) in [5.74, 6) is 1.90. The van der Waals surface area contributed by atoms with Crippen LogP contribution in [0.1, 0.15) is 0 Å². The molecule has 0 aliphatic carbocycles. The highest BCUT2D eigenvalue weighted by molar-refractivity contribution is 7.27. The van der Waals surface area contributed by atoms with Gasteiger partial charge in [-0.25, -0.2) is 19.9 Å². The first kappa shape index (κ1) is 32.7. The highest BCUT2D eigenvalue weighted by Gasteiger charge is 2.23. The van der Waals surface area contributed by atoms with Gasteiger partial charge in [-0.2, -0.15) is 0 Å². The van der Waals surface area contributed by atoms with E-state index in [0.717, 1.165) is 55.4 Å². The standard InChI is InChI=1S/C52H31N5S/c1-2-14-34(15-3-1)46-45-47-49(58-48(45)41-18-8-10-20-43(41)53-46)42-19-9-11-21-44(42)57(47)40-28-26-35(27-29-40)50-54-51(38-24-22-32-12-4-6-16-36(32)30-38)56-52(55-50)39-25-23-33-13-5-7-17-37(33)31-39/h1-31H. The number of pyridine rings is 1. The van der Waals surface area contributed by atoms with E-state index in [1.54, 1.807) is 0 Å². The molecular weight excluding hydrogens is 727 g/mol. The molecule has 4 aromatic heterocycles. The topological polar surface area (TPSA) is 56.5 Å². The Hall–Kier alpha value is -7.54. The summed E-state index contributed by atoms with van der Waals surface area (Å²) in [5, 5.41) is 8.20. The van der Waals surface area contributed by atoms with Crippen molar-refractivity contribution in [2.45, 2.75) is 0 Å². The van der Waals surface area contributed by atoms with Crippen molar-refractivity contribution in [1.29, 1.82) is 0 Å². The van der Waals surface area contributed by atoms with Crippen LogP contribution in [-0.2, 0) is 0 Å². The van der Waals surface area contributed by atoms with Crippen molar-refractivity contribution in [3.63, 3.8) is 0 Å². The van der Waals surface area contributed by atoms with E-state index in [2.05, 4.69) is 193 Å². The molecule has 0 aliphatic heterocycles. The smallest absolute Gasteiger partial charge is 0.164 e. The van der Waals surface area contributed by atoms with Gasteiger partial charge in [0.15, 0.2) is 17.5 Å². The summed E-state index contributed by atoms with van der Waals surface area (Å²) in [6.07, 6.45) is 0. The number of hydrogen-bond donors (Lipinski definition) is 0. The zero-order valence-electron chi connectivity index (χ0n) is 31.0. The zero-order valence-corrected chi connectivity index (χ0v) is 31.9. The third-order valence-corrected chi connectivity index (χ3v) is 12.4. The van der Waals surface area contributed by atoms with Crippen molar-refractivity contribution in [1.82, 2.24) is 24.5 Å². The molecular formula is C52H31N5S. The van der Waals surface area contributed by atoms with Gasteiger partial charge in [-0.15, -0.1) is 11.3 Å². The van der Waals surface area contributed by atoms with Crippen LogP contribution in [0.4, 0.5) is 0 Å². The minimum absolute atomic E-state index is 0.624. The van der Waals surface area contributed by atoms with Crippen molar-refractivity contribution in [3.8, 4) is 51.1 Å². The zero-order chi connectivity index (χ0) is 38.2. The Bertz CT molecular complexity index is 3470. The fourth-order valence-electron chi connectivity index (χ4n) is 8.40. The van der Waals surface area contributed by atoms with Gasteiger partial charge in [0.05, 0.1) is 26.9 Å². The predicted octanol–water partition coefficient (Wildman–Crippen LogP) is 13.7. The summed E-state index contributed by atoms with van der Waals surface area (Å²) in [6, 6.07) is 66.0. The van der Waals surface area contributed by atoms with Crippen molar-refractivity contribution in [2.75, 3.05) is 0 Å². The van der Waals surface area contributed by atoms with Crippen molar-refractivity contribution >= 4 is 75.0 Å². The van der Waals surface area contributed by atoms with Gasteiger partial charge in [0.1, 0.15) is 0 Å². The number of para-hydroxylation sites is 2. The van der Waals surface area contributed by atoms with Crippen LogP contribution in [-0.4, -0.2) is 24.5 Å². The largest absolute Gasteiger partial charge is 0.308 e. The van der Waals surface area contributed by atoms with Gasteiger partial charge >= 0.3 is 0 Å². The Morgan fingerprint density at radius 2 is 0.914 bits per heavy atom. The normalized spacial score (nSPS) is 11.8. The van der Waals surface area contributed by atoms with Gasteiger partial charge in [0.25, 0.3) is 0 Å². The molecule has 5 nitrogen and oxygen atoms in total. The molecule has 0 unspecified atom stereocenters. The molecule has 0 radical (unpaired) electrons. The number of nitrogens with zero attached hydrogens (tertiary/aromatic N) is 5.